The first-order valence-corrected chi connectivity index (χ1v) is 8.84. The van der Waals surface area contributed by atoms with Crippen LogP contribution in [0, 0.1) is 0 Å². The fraction of sp³-hybridized carbons (Fsp3) is 0.533. The fourth-order valence-corrected chi connectivity index (χ4v) is 3.81. The zero-order chi connectivity index (χ0) is 14.6. The first-order chi connectivity index (χ1) is 9.44. The van der Waals surface area contributed by atoms with Gasteiger partial charge in [-0.3, -0.25) is 0 Å². The maximum atomic E-state index is 12.1. The van der Waals surface area contributed by atoms with E-state index in [2.05, 4.69) is 38.2 Å². The van der Waals surface area contributed by atoms with E-state index in [4.69, 9.17) is 0 Å². The van der Waals surface area contributed by atoms with Gasteiger partial charge in [-0.15, -0.1) is 11.8 Å². The van der Waals surface area contributed by atoms with Gasteiger partial charge in [-0.1, -0.05) is 20.8 Å². The van der Waals surface area contributed by atoms with Gasteiger partial charge >= 0.3 is 6.03 Å². The van der Waals surface area contributed by atoms with Crippen LogP contribution in [0.25, 0.3) is 0 Å². The van der Waals surface area contributed by atoms with Gasteiger partial charge in [0.1, 0.15) is 0 Å². The summed E-state index contributed by atoms with van der Waals surface area (Å²) in [4.78, 5) is 15.2. The molecule has 0 unspecified atom stereocenters. The van der Waals surface area contributed by atoms with Gasteiger partial charge in [-0.25, -0.2) is 4.79 Å². The highest BCUT2D eigenvalue weighted by atomic mass is 32.2. The Morgan fingerprint density at radius 2 is 1.80 bits per heavy atom. The number of carbonyl (C=O) groups is 1. The van der Waals surface area contributed by atoms with Crippen LogP contribution in [0.4, 0.5) is 10.5 Å². The maximum Gasteiger partial charge on any atom is 0.321 e. The molecule has 1 N–H and O–H groups in total. The molecule has 0 bridgehead atoms. The summed E-state index contributed by atoms with van der Waals surface area (Å²) in [7, 11) is 0. The number of hydrogen-bond acceptors (Lipinski definition) is 3. The highest BCUT2D eigenvalue weighted by Gasteiger charge is 2.17. The van der Waals surface area contributed by atoms with E-state index in [1.54, 1.807) is 0 Å². The molecular formula is C15H22N2OS2. The Morgan fingerprint density at radius 1 is 1.20 bits per heavy atom. The number of thioether (sulfide) groups is 2. The molecule has 0 spiro atoms. The number of anilines is 1. The smallest absolute Gasteiger partial charge is 0.321 e. The van der Waals surface area contributed by atoms with E-state index in [9.17, 15) is 4.79 Å². The normalized spacial score (nSPS) is 16.1. The molecule has 0 saturated carbocycles. The third kappa shape index (κ3) is 4.94. The summed E-state index contributed by atoms with van der Waals surface area (Å²) in [6.07, 6.45) is 0. The lowest BCUT2D eigenvalue weighted by atomic mass is 10.3. The van der Waals surface area contributed by atoms with E-state index >= 15 is 0 Å². The quantitative estimate of drug-likeness (QED) is 0.833. The van der Waals surface area contributed by atoms with Crippen LogP contribution in [0.15, 0.2) is 29.2 Å². The molecule has 1 aliphatic heterocycles. The largest absolute Gasteiger partial charge is 0.323 e. The first-order valence-electron chi connectivity index (χ1n) is 6.87. The van der Waals surface area contributed by atoms with Crippen LogP contribution < -0.4 is 5.32 Å². The minimum Gasteiger partial charge on any atom is -0.323 e. The molecule has 110 valence electrons. The van der Waals surface area contributed by atoms with Crippen LogP contribution in [0.1, 0.15) is 20.8 Å². The Bertz CT molecular complexity index is 448. The predicted molar refractivity (Wildman–Crippen MR) is 90.0 cm³/mol. The van der Waals surface area contributed by atoms with Crippen molar-refractivity contribution in [3.05, 3.63) is 24.3 Å². The van der Waals surface area contributed by atoms with E-state index in [0.717, 1.165) is 30.3 Å². The Hall–Kier alpha value is -0.810. The summed E-state index contributed by atoms with van der Waals surface area (Å²) in [5, 5.41) is 2.97. The Kier molecular flexibility index (Phi) is 5.27. The lowest BCUT2D eigenvalue weighted by Gasteiger charge is -2.26. The molecule has 1 aliphatic rings. The van der Waals surface area contributed by atoms with Crippen molar-refractivity contribution in [1.82, 2.24) is 4.90 Å². The number of nitrogens with one attached hydrogen (secondary N) is 1. The molecule has 5 heteroatoms. The highest BCUT2D eigenvalue weighted by molar-refractivity contribution is 8.00. The molecule has 1 fully saturated rings. The predicted octanol–water partition coefficient (Wildman–Crippen LogP) is 4.16. The number of hydrogen-bond donors (Lipinski definition) is 1. The summed E-state index contributed by atoms with van der Waals surface area (Å²) in [6, 6.07) is 8.10. The van der Waals surface area contributed by atoms with Gasteiger partial charge in [-0.2, -0.15) is 11.8 Å². The Balaban J connectivity index is 1.91. The lowest BCUT2D eigenvalue weighted by Crippen LogP contribution is -2.40. The fourth-order valence-electron chi connectivity index (χ4n) is 1.93. The van der Waals surface area contributed by atoms with Gasteiger partial charge in [0.05, 0.1) is 0 Å². The van der Waals surface area contributed by atoms with Crippen LogP contribution >= 0.6 is 23.5 Å². The Morgan fingerprint density at radius 3 is 2.35 bits per heavy atom. The van der Waals surface area contributed by atoms with Gasteiger partial charge in [0.2, 0.25) is 0 Å². The number of benzene rings is 1. The van der Waals surface area contributed by atoms with E-state index < -0.39 is 0 Å². The zero-order valence-electron chi connectivity index (χ0n) is 12.3. The van der Waals surface area contributed by atoms with Crippen molar-refractivity contribution in [2.75, 3.05) is 29.9 Å². The summed E-state index contributed by atoms with van der Waals surface area (Å²) >= 11 is 3.74. The molecule has 1 aromatic carbocycles. The zero-order valence-corrected chi connectivity index (χ0v) is 13.9. The third-order valence-electron chi connectivity index (χ3n) is 2.83. The van der Waals surface area contributed by atoms with Crippen molar-refractivity contribution >= 4 is 35.2 Å². The molecule has 2 amide bonds. The van der Waals surface area contributed by atoms with E-state index in [-0.39, 0.29) is 10.8 Å². The van der Waals surface area contributed by atoms with Crippen molar-refractivity contribution < 1.29 is 4.79 Å². The van der Waals surface area contributed by atoms with Crippen molar-refractivity contribution in [2.24, 2.45) is 0 Å². The number of nitrogens with zero attached hydrogens (tertiary/aromatic N) is 1. The molecule has 0 atom stereocenters. The van der Waals surface area contributed by atoms with Crippen molar-refractivity contribution in [3.8, 4) is 0 Å². The molecule has 3 nitrogen and oxygen atoms in total. The van der Waals surface area contributed by atoms with Gasteiger partial charge in [0, 0.05) is 39.9 Å². The molecule has 0 radical (unpaired) electrons. The molecule has 2 rings (SSSR count). The topological polar surface area (TPSA) is 32.3 Å². The van der Waals surface area contributed by atoms with Crippen LogP contribution in [0.2, 0.25) is 0 Å². The second-order valence-electron chi connectivity index (χ2n) is 5.77. The molecule has 0 aliphatic carbocycles. The van der Waals surface area contributed by atoms with E-state index in [1.165, 1.54) is 4.90 Å². The van der Waals surface area contributed by atoms with E-state index in [0.29, 0.717) is 0 Å². The number of urea groups is 1. The van der Waals surface area contributed by atoms with Gasteiger partial charge in [-0.05, 0) is 24.3 Å². The van der Waals surface area contributed by atoms with Crippen molar-refractivity contribution in [1.29, 1.82) is 0 Å². The summed E-state index contributed by atoms with van der Waals surface area (Å²) in [6.45, 7) is 8.27. The van der Waals surface area contributed by atoms with Crippen molar-refractivity contribution in [3.63, 3.8) is 0 Å². The molecule has 1 saturated heterocycles. The maximum absolute atomic E-state index is 12.1. The van der Waals surface area contributed by atoms with Crippen LogP contribution in [0.5, 0.6) is 0 Å². The average molecular weight is 310 g/mol. The Labute approximate surface area is 129 Å². The first kappa shape index (κ1) is 15.6. The van der Waals surface area contributed by atoms with E-state index in [1.807, 2.05) is 40.6 Å². The standard InChI is InChI=1S/C15H22N2OS2/c1-15(2,3)20-13-6-4-12(5-7-13)16-14(18)17-8-10-19-11-9-17/h4-7H,8-11H2,1-3H3,(H,16,18). The summed E-state index contributed by atoms with van der Waals surface area (Å²) in [5.74, 6) is 2.07. The SMILES string of the molecule is CC(C)(C)Sc1ccc(NC(=O)N2CCSCC2)cc1. The van der Waals surface area contributed by atoms with Gasteiger partial charge < -0.3 is 10.2 Å². The third-order valence-corrected chi connectivity index (χ3v) is 4.89. The molecular weight excluding hydrogens is 288 g/mol. The minimum atomic E-state index is 0.0153. The summed E-state index contributed by atoms with van der Waals surface area (Å²) in [5.41, 5.74) is 0.867. The average Bonchev–Trinajstić information content (AvgIpc) is 2.40. The highest BCUT2D eigenvalue weighted by Crippen LogP contribution is 2.32. The molecule has 0 aromatic heterocycles. The minimum absolute atomic E-state index is 0.0153. The molecule has 20 heavy (non-hydrogen) atoms. The second kappa shape index (κ2) is 6.76. The van der Waals surface area contributed by atoms with Gasteiger partial charge in [0.15, 0.2) is 0 Å². The lowest BCUT2D eigenvalue weighted by molar-refractivity contribution is 0.217. The number of carbonyl (C=O) groups excluding carboxylic acids is 1. The number of amides is 2. The monoisotopic (exact) mass is 310 g/mol. The summed E-state index contributed by atoms with van der Waals surface area (Å²) < 4.78 is 0.205. The number of rotatable bonds is 2. The molecule has 1 aromatic rings. The molecule has 1 heterocycles. The van der Waals surface area contributed by atoms with Crippen LogP contribution in [-0.2, 0) is 0 Å². The van der Waals surface area contributed by atoms with Crippen LogP contribution in [-0.4, -0.2) is 40.3 Å². The van der Waals surface area contributed by atoms with Crippen LogP contribution in [0.3, 0.4) is 0 Å². The second-order valence-corrected chi connectivity index (χ2v) is 8.89. The van der Waals surface area contributed by atoms with Crippen molar-refractivity contribution in [2.45, 2.75) is 30.4 Å². The van der Waals surface area contributed by atoms with Gasteiger partial charge in [0.25, 0.3) is 0 Å².